The van der Waals surface area contributed by atoms with Crippen molar-refractivity contribution < 1.29 is 14.3 Å². The maximum atomic E-state index is 12.4. The van der Waals surface area contributed by atoms with Crippen LogP contribution in [-0.2, 0) is 11.2 Å². The molecule has 0 spiro atoms. The zero-order valence-corrected chi connectivity index (χ0v) is 14.7. The van der Waals surface area contributed by atoms with Crippen LogP contribution in [0, 0.1) is 0 Å². The average Bonchev–Trinajstić information content (AvgIpc) is 3.19. The number of likely N-dealkylation sites (tertiary alicyclic amines) is 1. The molecule has 26 heavy (non-hydrogen) atoms. The highest BCUT2D eigenvalue weighted by atomic mass is 16.3. The van der Waals surface area contributed by atoms with Gasteiger partial charge >= 0.3 is 0 Å². The van der Waals surface area contributed by atoms with Crippen LogP contribution in [0.15, 0.2) is 65.3 Å². The van der Waals surface area contributed by atoms with Gasteiger partial charge in [0.05, 0.1) is 12.4 Å². The van der Waals surface area contributed by atoms with Gasteiger partial charge in [-0.2, -0.15) is 0 Å². The third-order valence-electron chi connectivity index (χ3n) is 5.30. The molecule has 2 aromatic carbocycles. The van der Waals surface area contributed by atoms with Crippen LogP contribution in [0.3, 0.4) is 0 Å². The van der Waals surface area contributed by atoms with Crippen LogP contribution in [0.4, 0.5) is 0 Å². The molecule has 1 aromatic heterocycles. The van der Waals surface area contributed by atoms with Gasteiger partial charge in [-0.3, -0.25) is 4.79 Å². The lowest BCUT2D eigenvalue weighted by Gasteiger charge is -2.36. The molecular weight excluding hydrogens is 326 g/mol. The van der Waals surface area contributed by atoms with Crippen LogP contribution in [0.5, 0.6) is 0 Å². The summed E-state index contributed by atoms with van der Waals surface area (Å²) in [5.41, 5.74) is 1.15. The smallest absolute Gasteiger partial charge is 0.223 e. The Balaban J connectivity index is 1.40. The van der Waals surface area contributed by atoms with Crippen molar-refractivity contribution in [3.63, 3.8) is 0 Å². The molecule has 1 saturated heterocycles. The predicted molar refractivity (Wildman–Crippen MR) is 101 cm³/mol. The van der Waals surface area contributed by atoms with Gasteiger partial charge in [0.25, 0.3) is 0 Å². The third-order valence-corrected chi connectivity index (χ3v) is 5.30. The molecule has 1 aliphatic rings. The molecule has 0 bridgehead atoms. The minimum absolute atomic E-state index is 0.0775. The summed E-state index contributed by atoms with van der Waals surface area (Å²) in [5, 5.41) is 13.0. The molecule has 0 aliphatic carbocycles. The van der Waals surface area contributed by atoms with E-state index in [9.17, 15) is 9.90 Å². The summed E-state index contributed by atoms with van der Waals surface area (Å²) >= 11 is 0. The molecule has 1 N–H and O–H groups in total. The number of β-amino-alcohol motifs (C(OH)–C–C–N with tert-alkyl or cyclic N) is 1. The first kappa shape index (κ1) is 16.9. The molecule has 0 radical (unpaired) electrons. The van der Waals surface area contributed by atoms with Crippen LogP contribution in [0.25, 0.3) is 10.8 Å². The molecule has 4 rings (SSSR count). The number of aliphatic hydroxyl groups is 1. The number of benzene rings is 2. The SMILES string of the molecule is O=C(CCc1ccco1)N1CC[C@@H](c2ccc3ccccc3c2)[C@H](O)C1. The van der Waals surface area contributed by atoms with Gasteiger partial charge in [-0.05, 0) is 34.9 Å². The highest BCUT2D eigenvalue weighted by Gasteiger charge is 2.31. The Morgan fingerprint density at radius 3 is 2.73 bits per heavy atom. The van der Waals surface area contributed by atoms with Gasteiger partial charge in [0.1, 0.15) is 5.76 Å². The second-order valence-corrected chi connectivity index (χ2v) is 6.99. The lowest BCUT2D eigenvalue weighted by Crippen LogP contribution is -2.45. The first-order valence-corrected chi connectivity index (χ1v) is 9.17. The number of piperidine rings is 1. The first-order valence-electron chi connectivity index (χ1n) is 9.17. The number of aryl methyl sites for hydroxylation is 1. The average molecular weight is 349 g/mol. The van der Waals surface area contributed by atoms with E-state index in [1.54, 1.807) is 11.2 Å². The Morgan fingerprint density at radius 1 is 1.12 bits per heavy atom. The van der Waals surface area contributed by atoms with Gasteiger partial charge in [-0.25, -0.2) is 0 Å². The van der Waals surface area contributed by atoms with Crippen molar-refractivity contribution in [3.8, 4) is 0 Å². The number of amides is 1. The van der Waals surface area contributed by atoms with E-state index in [0.717, 1.165) is 17.7 Å². The quantitative estimate of drug-likeness (QED) is 0.781. The molecule has 3 aromatic rings. The molecule has 2 heterocycles. The molecular formula is C22H23NO3. The lowest BCUT2D eigenvalue weighted by atomic mass is 9.86. The third kappa shape index (κ3) is 3.51. The molecule has 0 saturated carbocycles. The molecule has 0 unspecified atom stereocenters. The Kier molecular flexibility index (Phi) is 4.76. The Hall–Kier alpha value is -2.59. The first-order chi connectivity index (χ1) is 12.7. The van der Waals surface area contributed by atoms with Crippen molar-refractivity contribution in [1.29, 1.82) is 0 Å². The molecule has 1 amide bonds. The lowest BCUT2D eigenvalue weighted by molar-refractivity contribution is -0.134. The van der Waals surface area contributed by atoms with Crippen molar-refractivity contribution in [2.75, 3.05) is 13.1 Å². The van der Waals surface area contributed by atoms with E-state index in [2.05, 4.69) is 30.3 Å². The van der Waals surface area contributed by atoms with Crippen LogP contribution in [0.2, 0.25) is 0 Å². The van der Waals surface area contributed by atoms with Crippen LogP contribution >= 0.6 is 0 Å². The van der Waals surface area contributed by atoms with E-state index in [1.807, 2.05) is 24.3 Å². The van der Waals surface area contributed by atoms with Gasteiger partial charge in [-0.1, -0.05) is 42.5 Å². The summed E-state index contributed by atoms with van der Waals surface area (Å²) in [6.07, 6.45) is 2.90. The maximum absolute atomic E-state index is 12.4. The molecule has 1 fully saturated rings. The predicted octanol–water partition coefficient (Wildman–Crippen LogP) is 3.74. The zero-order chi connectivity index (χ0) is 17.9. The number of aliphatic hydroxyl groups excluding tert-OH is 1. The second-order valence-electron chi connectivity index (χ2n) is 6.99. The molecule has 4 nitrogen and oxygen atoms in total. The second kappa shape index (κ2) is 7.34. The van der Waals surface area contributed by atoms with Gasteiger partial charge in [0.2, 0.25) is 5.91 Å². The van der Waals surface area contributed by atoms with E-state index in [1.165, 1.54) is 10.8 Å². The van der Waals surface area contributed by atoms with Crippen molar-refractivity contribution in [2.24, 2.45) is 0 Å². The monoisotopic (exact) mass is 349 g/mol. The highest BCUT2D eigenvalue weighted by molar-refractivity contribution is 5.83. The van der Waals surface area contributed by atoms with E-state index in [0.29, 0.717) is 25.9 Å². The Morgan fingerprint density at radius 2 is 1.96 bits per heavy atom. The summed E-state index contributed by atoms with van der Waals surface area (Å²) in [7, 11) is 0. The number of nitrogens with zero attached hydrogens (tertiary/aromatic N) is 1. The number of hydrogen-bond acceptors (Lipinski definition) is 3. The summed E-state index contributed by atoms with van der Waals surface area (Å²) in [5.74, 6) is 0.982. The fourth-order valence-corrected chi connectivity index (χ4v) is 3.83. The van der Waals surface area contributed by atoms with Crippen molar-refractivity contribution in [1.82, 2.24) is 4.90 Å². The van der Waals surface area contributed by atoms with Gasteiger partial charge in [0.15, 0.2) is 0 Å². The van der Waals surface area contributed by atoms with Crippen LogP contribution in [0.1, 0.15) is 30.1 Å². The summed E-state index contributed by atoms with van der Waals surface area (Å²) < 4.78 is 5.28. The fourth-order valence-electron chi connectivity index (χ4n) is 3.83. The van der Waals surface area contributed by atoms with E-state index in [-0.39, 0.29) is 11.8 Å². The van der Waals surface area contributed by atoms with E-state index < -0.39 is 6.10 Å². The van der Waals surface area contributed by atoms with Crippen LogP contribution in [-0.4, -0.2) is 35.1 Å². The van der Waals surface area contributed by atoms with Crippen molar-refractivity contribution >= 4 is 16.7 Å². The largest absolute Gasteiger partial charge is 0.469 e. The number of rotatable bonds is 4. The van der Waals surface area contributed by atoms with Crippen molar-refractivity contribution in [2.45, 2.75) is 31.3 Å². The van der Waals surface area contributed by atoms with Gasteiger partial charge in [-0.15, -0.1) is 0 Å². The van der Waals surface area contributed by atoms with Crippen LogP contribution < -0.4 is 0 Å². The number of carbonyl (C=O) groups is 1. The molecule has 2 atom stereocenters. The fraction of sp³-hybridized carbons (Fsp3) is 0.318. The zero-order valence-electron chi connectivity index (χ0n) is 14.7. The summed E-state index contributed by atoms with van der Waals surface area (Å²) in [6.45, 7) is 1.08. The highest BCUT2D eigenvalue weighted by Crippen LogP contribution is 2.31. The van der Waals surface area contributed by atoms with E-state index >= 15 is 0 Å². The summed E-state index contributed by atoms with van der Waals surface area (Å²) in [4.78, 5) is 14.2. The topological polar surface area (TPSA) is 53.7 Å². The number of hydrogen-bond donors (Lipinski definition) is 1. The normalized spacial score (nSPS) is 20.4. The van der Waals surface area contributed by atoms with Crippen molar-refractivity contribution in [3.05, 3.63) is 72.2 Å². The Labute approximate surface area is 153 Å². The molecule has 134 valence electrons. The van der Waals surface area contributed by atoms with Gasteiger partial charge in [0, 0.05) is 31.8 Å². The maximum Gasteiger partial charge on any atom is 0.223 e. The number of fused-ring (bicyclic) bond motifs is 1. The number of furan rings is 1. The minimum atomic E-state index is -0.530. The standard InChI is InChI=1S/C22H23NO3/c24-21-15-23(22(25)10-9-19-6-3-13-26-19)12-11-20(21)18-8-7-16-4-1-2-5-17(16)14-18/h1-8,13-14,20-21,24H,9-12,15H2/t20-,21+/m0/s1. The number of carbonyl (C=O) groups excluding carboxylic acids is 1. The van der Waals surface area contributed by atoms with Gasteiger partial charge < -0.3 is 14.4 Å². The minimum Gasteiger partial charge on any atom is -0.469 e. The Bertz CT molecular complexity index is 887. The molecule has 4 heteroatoms. The molecule has 1 aliphatic heterocycles. The van der Waals surface area contributed by atoms with E-state index in [4.69, 9.17) is 4.42 Å². The summed E-state index contributed by atoms with van der Waals surface area (Å²) in [6, 6.07) is 18.3.